The van der Waals surface area contributed by atoms with Crippen molar-refractivity contribution in [3.8, 4) is 5.75 Å². The lowest BCUT2D eigenvalue weighted by Gasteiger charge is -2.23. The number of halogens is 1. The molecule has 0 spiro atoms. The van der Waals surface area contributed by atoms with Crippen molar-refractivity contribution in [2.45, 2.75) is 44.6 Å². The fraction of sp³-hybridized carbons (Fsp3) is 0.588. The number of carbonyl (C=O) groups is 1. The normalized spacial score (nSPS) is 19.5. The van der Waals surface area contributed by atoms with Crippen molar-refractivity contribution >= 4 is 24.0 Å². The first kappa shape index (κ1) is 17.1. The van der Waals surface area contributed by atoms with Crippen LogP contribution in [0.15, 0.2) is 24.3 Å². The van der Waals surface area contributed by atoms with Crippen molar-refractivity contribution in [3.63, 3.8) is 0 Å². The van der Waals surface area contributed by atoms with Gasteiger partial charge in [0, 0.05) is 5.92 Å². The van der Waals surface area contributed by atoms with Gasteiger partial charge in [0.05, 0.1) is 11.8 Å². The first-order valence-corrected chi connectivity index (χ1v) is 8.10. The molecule has 1 amide bonds. The van der Waals surface area contributed by atoms with Gasteiger partial charge >= 0.3 is 0 Å². The quantitative estimate of drug-likeness (QED) is 0.892. The number of amides is 1. The Hall–Kier alpha value is -1.26. The highest BCUT2D eigenvalue weighted by Crippen LogP contribution is 2.30. The fourth-order valence-corrected chi connectivity index (χ4v) is 3.18. The summed E-state index contributed by atoms with van der Waals surface area (Å²) >= 11 is 0. The molecule has 1 aromatic rings. The van der Waals surface area contributed by atoms with Gasteiger partial charge in [0.15, 0.2) is 0 Å². The topological polar surface area (TPSA) is 50.4 Å². The summed E-state index contributed by atoms with van der Waals surface area (Å²) < 4.78 is 6.07. The molecule has 22 heavy (non-hydrogen) atoms. The van der Waals surface area contributed by atoms with E-state index in [2.05, 4.69) is 10.6 Å². The number of anilines is 1. The molecule has 1 aliphatic carbocycles. The molecule has 2 N–H and O–H groups in total. The van der Waals surface area contributed by atoms with E-state index in [0.29, 0.717) is 6.10 Å². The summed E-state index contributed by atoms with van der Waals surface area (Å²) in [5.74, 6) is 1.05. The number of rotatable bonds is 4. The van der Waals surface area contributed by atoms with Gasteiger partial charge in [-0.3, -0.25) is 4.79 Å². The molecule has 2 aliphatic rings. The van der Waals surface area contributed by atoms with E-state index >= 15 is 0 Å². The summed E-state index contributed by atoms with van der Waals surface area (Å²) in [6.45, 7) is 1.86. The van der Waals surface area contributed by atoms with Crippen LogP contribution in [0, 0.1) is 5.92 Å². The van der Waals surface area contributed by atoms with Gasteiger partial charge in [-0.1, -0.05) is 12.1 Å². The zero-order chi connectivity index (χ0) is 14.5. The largest absolute Gasteiger partial charge is 0.488 e. The van der Waals surface area contributed by atoms with E-state index in [1.54, 1.807) is 0 Å². The Labute approximate surface area is 138 Å². The monoisotopic (exact) mass is 324 g/mol. The van der Waals surface area contributed by atoms with E-state index in [-0.39, 0.29) is 24.2 Å². The molecule has 1 saturated heterocycles. The predicted molar refractivity (Wildman–Crippen MR) is 90.8 cm³/mol. The molecule has 2 fully saturated rings. The van der Waals surface area contributed by atoms with Crippen LogP contribution in [0.25, 0.3) is 0 Å². The maximum absolute atomic E-state index is 12.4. The maximum atomic E-state index is 12.4. The molecule has 0 unspecified atom stereocenters. The fourth-order valence-electron chi connectivity index (χ4n) is 3.18. The van der Waals surface area contributed by atoms with E-state index in [1.807, 2.05) is 24.3 Å². The third-order valence-corrected chi connectivity index (χ3v) is 4.45. The summed E-state index contributed by atoms with van der Waals surface area (Å²) in [5.41, 5.74) is 0.813. The van der Waals surface area contributed by atoms with Crippen LogP contribution in [0.1, 0.15) is 38.5 Å². The molecule has 0 bridgehead atoms. The smallest absolute Gasteiger partial charge is 0.227 e. The molecular formula is C17H25ClN2O2. The highest BCUT2D eigenvalue weighted by Gasteiger charge is 2.23. The van der Waals surface area contributed by atoms with E-state index in [4.69, 9.17) is 4.74 Å². The molecule has 5 heteroatoms. The van der Waals surface area contributed by atoms with Crippen LogP contribution in [-0.2, 0) is 4.79 Å². The van der Waals surface area contributed by atoms with Crippen LogP contribution in [-0.4, -0.2) is 25.1 Å². The van der Waals surface area contributed by atoms with Crippen molar-refractivity contribution in [2.75, 3.05) is 18.4 Å². The second-order valence-electron chi connectivity index (χ2n) is 6.03. The standard InChI is InChI=1S/C17H24N2O2.ClH/c20-17(13-9-11-18-12-10-13)19-15-7-3-4-8-16(15)21-14-5-1-2-6-14;/h3-4,7-8,13-14,18H,1-2,5-6,9-12H2,(H,19,20);1H. The highest BCUT2D eigenvalue weighted by atomic mass is 35.5. The molecule has 0 atom stereocenters. The first-order valence-electron chi connectivity index (χ1n) is 8.10. The lowest BCUT2D eigenvalue weighted by Crippen LogP contribution is -2.34. The molecule has 3 rings (SSSR count). The Bertz CT molecular complexity index is 483. The van der Waals surface area contributed by atoms with Gasteiger partial charge in [-0.15, -0.1) is 12.4 Å². The molecule has 0 aromatic heterocycles. The second kappa shape index (κ2) is 8.39. The second-order valence-corrected chi connectivity index (χ2v) is 6.03. The molecule has 122 valence electrons. The Kier molecular flexibility index (Phi) is 6.52. The summed E-state index contributed by atoms with van der Waals surface area (Å²) in [6.07, 6.45) is 6.87. The molecule has 4 nitrogen and oxygen atoms in total. The van der Waals surface area contributed by atoms with Gasteiger partial charge in [-0.05, 0) is 63.7 Å². The Morgan fingerprint density at radius 2 is 1.77 bits per heavy atom. The van der Waals surface area contributed by atoms with Crippen molar-refractivity contribution < 1.29 is 9.53 Å². The minimum absolute atomic E-state index is 0. The lowest BCUT2D eigenvalue weighted by molar-refractivity contribution is -0.120. The van der Waals surface area contributed by atoms with E-state index in [0.717, 1.165) is 50.2 Å². The maximum Gasteiger partial charge on any atom is 0.227 e. The first-order chi connectivity index (χ1) is 10.3. The highest BCUT2D eigenvalue weighted by molar-refractivity contribution is 5.94. The van der Waals surface area contributed by atoms with E-state index < -0.39 is 0 Å². The average molecular weight is 325 g/mol. The molecule has 1 aromatic carbocycles. The van der Waals surface area contributed by atoms with E-state index in [1.165, 1.54) is 12.8 Å². The Morgan fingerprint density at radius 3 is 2.50 bits per heavy atom. The van der Waals surface area contributed by atoms with Gasteiger partial charge in [0.25, 0.3) is 0 Å². The van der Waals surface area contributed by atoms with Gasteiger partial charge in [-0.25, -0.2) is 0 Å². The molecule has 0 radical (unpaired) electrons. The van der Waals surface area contributed by atoms with Crippen molar-refractivity contribution in [2.24, 2.45) is 5.92 Å². The number of ether oxygens (including phenoxy) is 1. The Balaban J connectivity index is 0.00000176. The zero-order valence-corrected chi connectivity index (χ0v) is 13.7. The van der Waals surface area contributed by atoms with Crippen molar-refractivity contribution in [1.29, 1.82) is 0 Å². The van der Waals surface area contributed by atoms with Crippen LogP contribution in [0.5, 0.6) is 5.75 Å². The van der Waals surface area contributed by atoms with Gasteiger partial charge < -0.3 is 15.4 Å². The van der Waals surface area contributed by atoms with Crippen molar-refractivity contribution in [3.05, 3.63) is 24.3 Å². The van der Waals surface area contributed by atoms with Crippen LogP contribution in [0.3, 0.4) is 0 Å². The third kappa shape index (κ3) is 4.37. The number of nitrogens with one attached hydrogen (secondary N) is 2. The molecule has 1 aliphatic heterocycles. The summed E-state index contributed by atoms with van der Waals surface area (Å²) in [7, 11) is 0. The number of hydrogen-bond donors (Lipinski definition) is 2. The van der Waals surface area contributed by atoms with Gasteiger partial charge in [-0.2, -0.15) is 0 Å². The van der Waals surface area contributed by atoms with Crippen molar-refractivity contribution in [1.82, 2.24) is 5.32 Å². The third-order valence-electron chi connectivity index (χ3n) is 4.45. The molecule has 1 heterocycles. The number of hydrogen-bond acceptors (Lipinski definition) is 3. The Morgan fingerprint density at radius 1 is 1.09 bits per heavy atom. The average Bonchev–Trinajstić information content (AvgIpc) is 3.03. The SMILES string of the molecule is Cl.O=C(Nc1ccccc1OC1CCCC1)C1CCNCC1. The van der Waals surface area contributed by atoms with Gasteiger partial charge in [0.1, 0.15) is 5.75 Å². The molecule has 1 saturated carbocycles. The minimum Gasteiger partial charge on any atom is -0.488 e. The number of carbonyl (C=O) groups excluding carboxylic acids is 1. The predicted octanol–water partition coefficient (Wildman–Crippen LogP) is 3.37. The summed E-state index contributed by atoms with van der Waals surface area (Å²) in [5, 5.41) is 6.35. The number of benzene rings is 1. The zero-order valence-electron chi connectivity index (χ0n) is 12.8. The lowest BCUT2D eigenvalue weighted by atomic mass is 9.97. The van der Waals surface area contributed by atoms with E-state index in [9.17, 15) is 4.79 Å². The minimum atomic E-state index is 0. The van der Waals surface area contributed by atoms with Crippen LogP contribution in [0.2, 0.25) is 0 Å². The summed E-state index contributed by atoms with van der Waals surface area (Å²) in [4.78, 5) is 12.4. The number of piperidine rings is 1. The van der Waals surface area contributed by atoms with Crippen LogP contribution >= 0.6 is 12.4 Å². The molecular weight excluding hydrogens is 300 g/mol. The van der Waals surface area contributed by atoms with Crippen LogP contribution < -0.4 is 15.4 Å². The number of para-hydroxylation sites is 2. The van der Waals surface area contributed by atoms with Gasteiger partial charge in [0.2, 0.25) is 5.91 Å². The van der Waals surface area contributed by atoms with Crippen LogP contribution in [0.4, 0.5) is 5.69 Å². The summed E-state index contributed by atoms with van der Waals surface area (Å²) in [6, 6.07) is 7.80.